The van der Waals surface area contributed by atoms with Crippen LogP contribution in [-0.2, 0) is 6.42 Å². The first-order valence-corrected chi connectivity index (χ1v) is 6.55. The lowest BCUT2D eigenvalue weighted by atomic mass is 10.2. The smallest absolute Gasteiger partial charge is 0.360 e. The quantitative estimate of drug-likeness (QED) is 0.931. The molecule has 20 heavy (non-hydrogen) atoms. The molecule has 1 aromatic carbocycles. The van der Waals surface area contributed by atoms with E-state index in [2.05, 4.69) is 21.0 Å². The van der Waals surface area contributed by atoms with Gasteiger partial charge in [-0.2, -0.15) is 5.10 Å². The zero-order valence-corrected chi connectivity index (χ0v) is 12.0. The van der Waals surface area contributed by atoms with Gasteiger partial charge in [-0.15, -0.1) is 0 Å². The first-order chi connectivity index (χ1) is 9.43. The van der Waals surface area contributed by atoms with Crippen LogP contribution in [0.3, 0.4) is 0 Å². The number of halogens is 2. The molecule has 0 saturated carbocycles. The van der Waals surface area contributed by atoms with E-state index in [-0.39, 0.29) is 4.47 Å². The van der Waals surface area contributed by atoms with Crippen molar-refractivity contribution in [3.05, 3.63) is 56.2 Å². The highest BCUT2D eigenvalue weighted by molar-refractivity contribution is 9.10. The highest BCUT2D eigenvalue weighted by Gasteiger charge is 2.15. The third-order valence-electron chi connectivity index (χ3n) is 2.74. The molecule has 1 N–H and O–H groups in total. The maximum Gasteiger partial charge on any atom is 0.360 e. The van der Waals surface area contributed by atoms with E-state index in [4.69, 9.17) is 5.11 Å². The van der Waals surface area contributed by atoms with Crippen molar-refractivity contribution in [1.82, 2.24) is 9.78 Å². The largest absolute Gasteiger partial charge is 0.476 e. The summed E-state index contributed by atoms with van der Waals surface area (Å²) in [5.41, 5.74) is -0.365. The first-order valence-electron chi connectivity index (χ1n) is 5.75. The maximum absolute atomic E-state index is 13.2. The zero-order valence-electron chi connectivity index (χ0n) is 10.4. The summed E-state index contributed by atoms with van der Waals surface area (Å²) in [6.07, 6.45) is 1.83. The lowest BCUT2D eigenvalue weighted by Crippen LogP contribution is -2.24. The SMILES string of the molecule is CCc1cn(-c2ccc(F)c(Br)c2)nc(C(=O)O)c1=O. The van der Waals surface area contributed by atoms with Crippen molar-refractivity contribution in [2.24, 2.45) is 0 Å². The molecule has 2 rings (SSSR count). The van der Waals surface area contributed by atoms with E-state index in [1.807, 2.05) is 0 Å². The first kappa shape index (κ1) is 14.4. The van der Waals surface area contributed by atoms with Crippen LogP contribution in [0.1, 0.15) is 23.0 Å². The second-order valence-corrected chi connectivity index (χ2v) is 4.89. The molecule has 104 valence electrons. The second kappa shape index (κ2) is 5.54. The predicted octanol–water partition coefficient (Wildman–Crippen LogP) is 2.39. The molecule has 1 aromatic heterocycles. The molecule has 1 heterocycles. The van der Waals surface area contributed by atoms with Crippen molar-refractivity contribution in [2.75, 3.05) is 0 Å². The van der Waals surface area contributed by atoms with Crippen LogP contribution in [0.2, 0.25) is 0 Å². The minimum atomic E-state index is -1.39. The van der Waals surface area contributed by atoms with Crippen molar-refractivity contribution >= 4 is 21.9 Å². The molecule has 7 heteroatoms. The summed E-state index contributed by atoms with van der Waals surface area (Å²) in [4.78, 5) is 22.9. The van der Waals surface area contributed by atoms with Crippen molar-refractivity contribution in [1.29, 1.82) is 0 Å². The molecule has 0 aliphatic heterocycles. The van der Waals surface area contributed by atoms with Crippen LogP contribution in [0.4, 0.5) is 4.39 Å². The Morgan fingerprint density at radius 2 is 2.20 bits per heavy atom. The van der Waals surface area contributed by atoms with Gasteiger partial charge < -0.3 is 5.11 Å². The minimum absolute atomic E-state index is 0.227. The van der Waals surface area contributed by atoms with Gasteiger partial charge in [0.15, 0.2) is 0 Å². The van der Waals surface area contributed by atoms with E-state index in [9.17, 15) is 14.0 Å². The Kier molecular flexibility index (Phi) is 3.99. The average molecular weight is 341 g/mol. The monoisotopic (exact) mass is 340 g/mol. The van der Waals surface area contributed by atoms with Gasteiger partial charge in [0.1, 0.15) is 5.82 Å². The lowest BCUT2D eigenvalue weighted by Gasteiger charge is -2.09. The fraction of sp³-hybridized carbons (Fsp3) is 0.154. The molecule has 0 atom stereocenters. The Morgan fingerprint density at radius 1 is 1.50 bits per heavy atom. The fourth-order valence-corrected chi connectivity index (χ4v) is 2.06. The summed E-state index contributed by atoms with van der Waals surface area (Å²) in [5, 5.41) is 12.8. The Bertz CT molecular complexity index is 743. The van der Waals surface area contributed by atoms with Crippen molar-refractivity contribution < 1.29 is 14.3 Å². The molecular weight excluding hydrogens is 331 g/mol. The number of hydrogen-bond donors (Lipinski definition) is 1. The number of aromatic carboxylic acids is 1. The topological polar surface area (TPSA) is 72.2 Å². The number of rotatable bonds is 3. The van der Waals surface area contributed by atoms with Crippen LogP contribution in [0.25, 0.3) is 5.69 Å². The third kappa shape index (κ3) is 2.62. The summed E-state index contributed by atoms with van der Waals surface area (Å²) in [5.74, 6) is -1.83. The van der Waals surface area contributed by atoms with Gasteiger partial charge in [0.05, 0.1) is 10.2 Å². The van der Waals surface area contributed by atoms with E-state index in [0.717, 1.165) is 0 Å². The number of aryl methyl sites for hydroxylation is 1. The van der Waals surface area contributed by atoms with Crippen LogP contribution in [0, 0.1) is 5.82 Å². The highest BCUT2D eigenvalue weighted by Crippen LogP contribution is 2.19. The van der Waals surface area contributed by atoms with Gasteiger partial charge in [0.2, 0.25) is 11.1 Å². The van der Waals surface area contributed by atoms with E-state index < -0.39 is 22.9 Å². The Morgan fingerprint density at radius 3 is 2.75 bits per heavy atom. The zero-order chi connectivity index (χ0) is 14.9. The standard InChI is InChI=1S/C13H10BrFN2O3/c1-2-7-6-17(16-11(12(7)18)13(19)20)8-3-4-10(15)9(14)5-8/h3-6H,2H2,1H3,(H,19,20). The van der Waals surface area contributed by atoms with Crippen LogP contribution < -0.4 is 5.43 Å². The summed E-state index contributed by atoms with van der Waals surface area (Å²) in [6.45, 7) is 1.74. The van der Waals surface area contributed by atoms with Gasteiger partial charge in [0.25, 0.3) is 0 Å². The Hall–Kier alpha value is -2.02. The molecule has 0 aliphatic rings. The van der Waals surface area contributed by atoms with E-state index in [1.54, 1.807) is 6.92 Å². The minimum Gasteiger partial charge on any atom is -0.476 e. The highest BCUT2D eigenvalue weighted by atomic mass is 79.9. The predicted molar refractivity (Wildman–Crippen MR) is 73.8 cm³/mol. The third-order valence-corrected chi connectivity index (χ3v) is 3.35. The summed E-state index contributed by atoms with van der Waals surface area (Å²) < 4.78 is 14.7. The molecule has 0 aliphatic carbocycles. The molecular formula is C13H10BrFN2O3. The number of nitrogens with zero attached hydrogens (tertiary/aromatic N) is 2. The number of aromatic nitrogens is 2. The van der Waals surface area contributed by atoms with Gasteiger partial charge in [-0.3, -0.25) is 4.79 Å². The Balaban J connectivity index is 2.68. The summed E-state index contributed by atoms with van der Waals surface area (Å²) in [7, 11) is 0. The van der Waals surface area contributed by atoms with Gasteiger partial charge in [-0.25, -0.2) is 13.9 Å². The number of benzene rings is 1. The van der Waals surface area contributed by atoms with Crippen molar-refractivity contribution in [2.45, 2.75) is 13.3 Å². The molecule has 0 unspecified atom stereocenters. The summed E-state index contributed by atoms with van der Waals surface area (Å²) >= 11 is 3.05. The van der Waals surface area contributed by atoms with Crippen LogP contribution in [-0.4, -0.2) is 20.9 Å². The molecule has 0 bridgehead atoms. The molecule has 0 saturated heterocycles. The van der Waals surface area contributed by atoms with Crippen LogP contribution >= 0.6 is 15.9 Å². The van der Waals surface area contributed by atoms with Crippen molar-refractivity contribution in [3.63, 3.8) is 0 Å². The molecule has 0 spiro atoms. The van der Waals surface area contributed by atoms with Gasteiger partial charge in [-0.05, 0) is 40.5 Å². The summed E-state index contributed by atoms with van der Waals surface area (Å²) in [6, 6.07) is 4.13. The molecule has 5 nitrogen and oxygen atoms in total. The maximum atomic E-state index is 13.2. The van der Waals surface area contributed by atoms with Crippen molar-refractivity contribution in [3.8, 4) is 5.69 Å². The number of carbonyl (C=O) groups is 1. The van der Waals surface area contributed by atoms with E-state index in [0.29, 0.717) is 17.7 Å². The number of carboxylic acids is 1. The molecule has 0 radical (unpaired) electrons. The van der Waals surface area contributed by atoms with Gasteiger partial charge in [-0.1, -0.05) is 6.92 Å². The fourth-order valence-electron chi connectivity index (χ4n) is 1.69. The Labute approximate surface area is 121 Å². The number of carboxylic acid groups (broad SMARTS) is 1. The van der Waals surface area contributed by atoms with Gasteiger partial charge >= 0.3 is 5.97 Å². The number of hydrogen-bond acceptors (Lipinski definition) is 3. The van der Waals surface area contributed by atoms with E-state index >= 15 is 0 Å². The normalized spacial score (nSPS) is 10.6. The average Bonchev–Trinajstić information content (AvgIpc) is 2.42. The molecule has 2 aromatic rings. The van der Waals surface area contributed by atoms with E-state index in [1.165, 1.54) is 29.1 Å². The molecule has 0 amide bonds. The molecule has 0 fully saturated rings. The van der Waals surface area contributed by atoms with Gasteiger partial charge in [0, 0.05) is 11.8 Å². The van der Waals surface area contributed by atoms with Crippen LogP contribution in [0.15, 0.2) is 33.7 Å². The second-order valence-electron chi connectivity index (χ2n) is 4.03. The van der Waals surface area contributed by atoms with Crippen LogP contribution in [0.5, 0.6) is 0 Å². The lowest BCUT2D eigenvalue weighted by molar-refractivity contribution is 0.0686.